The van der Waals surface area contributed by atoms with Gasteiger partial charge in [-0.15, -0.1) is 11.3 Å². The zero-order valence-corrected chi connectivity index (χ0v) is 14.2. The summed E-state index contributed by atoms with van der Waals surface area (Å²) in [6.45, 7) is 3.55. The van der Waals surface area contributed by atoms with E-state index in [2.05, 4.69) is 17.4 Å². The average Bonchev–Trinajstić information content (AvgIpc) is 2.98. The number of carbonyl (C=O) groups excluding carboxylic acids is 2. The maximum Gasteiger partial charge on any atom is 0.349 e. The first-order chi connectivity index (χ1) is 11.1. The quantitative estimate of drug-likeness (QED) is 0.792. The summed E-state index contributed by atoms with van der Waals surface area (Å²) in [6, 6.07) is 12.0. The molecule has 2 rings (SSSR count). The molecule has 1 N–H and O–H groups in total. The van der Waals surface area contributed by atoms with Crippen molar-refractivity contribution in [1.82, 2.24) is 5.32 Å². The number of benzene rings is 1. The summed E-state index contributed by atoms with van der Waals surface area (Å²) in [5.41, 5.74) is 2.12. The summed E-state index contributed by atoms with van der Waals surface area (Å²) in [6.07, 6.45) is 1.74. The van der Waals surface area contributed by atoms with Crippen LogP contribution < -0.4 is 5.32 Å². The summed E-state index contributed by atoms with van der Waals surface area (Å²) >= 11 is 1.32. The molecule has 0 spiro atoms. The number of rotatable bonds is 7. The lowest BCUT2D eigenvalue weighted by atomic mass is 10.1. The summed E-state index contributed by atoms with van der Waals surface area (Å²) in [5.74, 6) is -0.710. The monoisotopic (exact) mass is 331 g/mol. The third-order valence-corrected chi connectivity index (χ3v) is 4.49. The van der Waals surface area contributed by atoms with E-state index in [1.807, 2.05) is 43.5 Å². The van der Waals surface area contributed by atoms with Gasteiger partial charge in [-0.1, -0.05) is 30.3 Å². The number of aryl methyl sites for hydroxylation is 2. The fraction of sp³-hybridized carbons (Fsp3) is 0.333. The lowest BCUT2D eigenvalue weighted by molar-refractivity contribution is -0.124. The molecule has 0 radical (unpaired) electrons. The van der Waals surface area contributed by atoms with Crippen molar-refractivity contribution in [1.29, 1.82) is 0 Å². The summed E-state index contributed by atoms with van der Waals surface area (Å²) in [4.78, 5) is 24.2. The molecule has 1 atom stereocenters. The number of hydrogen-bond donors (Lipinski definition) is 1. The summed E-state index contributed by atoms with van der Waals surface area (Å²) in [7, 11) is 0. The number of nitrogens with one attached hydrogen (secondary N) is 1. The highest BCUT2D eigenvalue weighted by Gasteiger charge is 2.14. The third-order valence-electron chi connectivity index (χ3n) is 3.50. The Bertz CT molecular complexity index is 651. The van der Waals surface area contributed by atoms with Crippen LogP contribution in [0.5, 0.6) is 0 Å². The van der Waals surface area contributed by atoms with Crippen molar-refractivity contribution in [3.8, 4) is 0 Å². The molecule has 122 valence electrons. The zero-order valence-electron chi connectivity index (χ0n) is 13.4. The van der Waals surface area contributed by atoms with Crippen LogP contribution in [-0.2, 0) is 16.0 Å². The van der Waals surface area contributed by atoms with Crippen LogP contribution in [0.2, 0.25) is 0 Å². The van der Waals surface area contributed by atoms with Crippen LogP contribution >= 0.6 is 11.3 Å². The van der Waals surface area contributed by atoms with Crippen molar-refractivity contribution in [3.63, 3.8) is 0 Å². The normalized spacial score (nSPS) is 11.7. The second-order valence-corrected chi connectivity index (χ2v) is 6.42. The highest BCUT2D eigenvalue weighted by Crippen LogP contribution is 2.16. The molecule has 0 fully saturated rings. The third kappa shape index (κ3) is 5.53. The fourth-order valence-corrected chi connectivity index (χ4v) is 3.01. The molecule has 0 unspecified atom stereocenters. The molecule has 1 heterocycles. The number of amides is 1. The van der Waals surface area contributed by atoms with Gasteiger partial charge in [0.2, 0.25) is 0 Å². The second kappa shape index (κ2) is 8.48. The Labute approximate surface area is 140 Å². The molecule has 2 aromatic rings. The van der Waals surface area contributed by atoms with Crippen LogP contribution in [-0.4, -0.2) is 24.5 Å². The molecule has 23 heavy (non-hydrogen) atoms. The van der Waals surface area contributed by atoms with E-state index in [4.69, 9.17) is 4.74 Å². The van der Waals surface area contributed by atoms with Crippen LogP contribution in [0.1, 0.15) is 34.1 Å². The SMILES string of the molecule is Cc1ccsc1C(=O)OCC(=O)N[C@@H](C)CCc1ccccc1. The maximum absolute atomic E-state index is 11.8. The van der Waals surface area contributed by atoms with E-state index in [0.29, 0.717) is 4.88 Å². The maximum atomic E-state index is 11.8. The van der Waals surface area contributed by atoms with Crippen LogP contribution in [0.25, 0.3) is 0 Å². The van der Waals surface area contributed by atoms with Gasteiger partial charge >= 0.3 is 5.97 Å². The van der Waals surface area contributed by atoms with Gasteiger partial charge in [0.25, 0.3) is 5.91 Å². The molecule has 0 aliphatic heterocycles. The van der Waals surface area contributed by atoms with Crippen LogP contribution in [0, 0.1) is 6.92 Å². The van der Waals surface area contributed by atoms with Crippen molar-refractivity contribution < 1.29 is 14.3 Å². The average molecular weight is 331 g/mol. The van der Waals surface area contributed by atoms with Crippen molar-refractivity contribution >= 4 is 23.2 Å². The molecule has 1 aromatic carbocycles. The molecule has 1 amide bonds. The molecule has 0 saturated carbocycles. The highest BCUT2D eigenvalue weighted by atomic mass is 32.1. The fourth-order valence-electron chi connectivity index (χ4n) is 2.20. The number of esters is 1. The van der Waals surface area contributed by atoms with E-state index in [0.717, 1.165) is 18.4 Å². The predicted molar refractivity (Wildman–Crippen MR) is 91.7 cm³/mol. The number of ether oxygens (including phenoxy) is 1. The van der Waals surface area contributed by atoms with Gasteiger partial charge in [-0.2, -0.15) is 0 Å². The Hall–Kier alpha value is -2.14. The van der Waals surface area contributed by atoms with Gasteiger partial charge in [0.15, 0.2) is 6.61 Å². The Morgan fingerprint density at radius 3 is 2.61 bits per heavy atom. The number of hydrogen-bond acceptors (Lipinski definition) is 4. The van der Waals surface area contributed by atoms with Crippen LogP contribution in [0.4, 0.5) is 0 Å². The van der Waals surface area contributed by atoms with Crippen molar-refractivity contribution in [2.45, 2.75) is 32.7 Å². The zero-order chi connectivity index (χ0) is 16.7. The first-order valence-corrected chi connectivity index (χ1v) is 8.48. The predicted octanol–water partition coefficient (Wildman–Crippen LogP) is 3.35. The van der Waals surface area contributed by atoms with Crippen LogP contribution in [0.15, 0.2) is 41.8 Å². The minimum Gasteiger partial charge on any atom is -0.451 e. The molecular formula is C18H21NO3S. The minimum absolute atomic E-state index is 0.0323. The summed E-state index contributed by atoms with van der Waals surface area (Å²) in [5, 5.41) is 4.68. The Morgan fingerprint density at radius 1 is 1.22 bits per heavy atom. The summed E-state index contributed by atoms with van der Waals surface area (Å²) < 4.78 is 5.05. The van der Waals surface area contributed by atoms with Gasteiger partial charge < -0.3 is 10.1 Å². The van der Waals surface area contributed by atoms with Gasteiger partial charge in [-0.05, 0) is 49.3 Å². The standard InChI is InChI=1S/C18H21NO3S/c1-13-10-11-23-17(13)18(21)22-12-16(20)19-14(2)8-9-15-6-4-3-5-7-15/h3-7,10-11,14H,8-9,12H2,1-2H3,(H,19,20)/t14-/m0/s1. The van der Waals surface area contributed by atoms with Gasteiger partial charge in [0, 0.05) is 6.04 Å². The van der Waals surface area contributed by atoms with Crippen molar-refractivity contribution in [2.75, 3.05) is 6.61 Å². The van der Waals surface area contributed by atoms with Crippen molar-refractivity contribution in [2.24, 2.45) is 0 Å². The van der Waals surface area contributed by atoms with E-state index in [9.17, 15) is 9.59 Å². The molecule has 1 aromatic heterocycles. The molecule has 4 nitrogen and oxygen atoms in total. The number of thiophene rings is 1. The van der Waals surface area contributed by atoms with E-state index in [1.165, 1.54) is 16.9 Å². The van der Waals surface area contributed by atoms with E-state index >= 15 is 0 Å². The lowest BCUT2D eigenvalue weighted by Gasteiger charge is -2.14. The van der Waals surface area contributed by atoms with Gasteiger partial charge in [0.05, 0.1) is 0 Å². The van der Waals surface area contributed by atoms with Crippen LogP contribution in [0.3, 0.4) is 0 Å². The first kappa shape index (κ1) is 17.2. The molecule has 0 aliphatic carbocycles. The molecule has 0 bridgehead atoms. The highest BCUT2D eigenvalue weighted by molar-refractivity contribution is 7.12. The van der Waals surface area contributed by atoms with E-state index in [-0.39, 0.29) is 18.6 Å². The Morgan fingerprint density at radius 2 is 1.96 bits per heavy atom. The molecule has 0 aliphatic rings. The lowest BCUT2D eigenvalue weighted by Crippen LogP contribution is -2.36. The Kier molecular flexibility index (Phi) is 6.35. The Balaban J connectivity index is 1.70. The van der Waals surface area contributed by atoms with Crippen molar-refractivity contribution in [3.05, 3.63) is 57.8 Å². The molecule has 0 saturated heterocycles. The van der Waals surface area contributed by atoms with Gasteiger partial charge in [-0.3, -0.25) is 4.79 Å². The first-order valence-electron chi connectivity index (χ1n) is 7.60. The van der Waals surface area contributed by atoms with Gasteiger partial charge in [0.1, 0.15) is 4.88 Å². The largest absolute Gasteiger partial charge is 0.451 e. The minimum atomic E-state index is -0.440. The topological polar surface area (TPSA) is 55.4 Å². The smallest absolute Gasteiger partial charge is 0.349 e. The molecule has 5 heteroatoms. The van der Waals surface area contributed by atoms with E-state index in [1.54, 1.807) is 0 Å². The van der Waals surface area contributed by atoms with Gasteiger partial charge in [-0.25, -0.2) is 4.79 Å². The second-order valence-electron chi connectivity index (χ2n) is 5.50. The molecular weight excluding hydrogens is 310 g/mol. The van der Waals surface area contributed by atoms with E-state index < -0.39 is 5.97 Å². The number of carbonyl (C=O) groups is 2.